The fourth-order valence-electron chi connectivity index (χ4n) is 4.58. The smallest absolute Gasteiger partial charge is 0.0568 e. The fourth-order valence-corrected chi connectivity index (χ4v) is 4.58. The summed E-state index contributed by atoms with van der Waals surface area (Å²) in [4.78, 5) is 6.98. The van der Waals surface area contributed by atoms with Gasteiger partial charge in [-0.3, -0.25) is 9.88 Å². The van der Waals surface area contributed by atoms with Gasteiger partial charge in [-0.05, 0) is 62.6 Å². The van der Waals surface area contributed by atoms with Gasteiger partial charge in [-0.15, -0.1) is 0 Å². The van der Waals surface area contributed by atoms with Crippen LogP contribution in [0.5, 0.6) is 0 Å². The largest absolute Gasteiger partial charge is 0.393 e. The average molecular weight is 346 g/mol. The van der Waals surface area contributed by atoms with E-state index in [1.165, 1.54) is 44.2 Å². The number of aromatic nitrogens is 1. The molecule has 0 amide bonds. The number of aliphatic hydroxyl groups excluding tert-OH is 1. The lowest BCUT2D eigenvalue weighted by molar-refractivity contribution is 0.0637. The molecular weight excluding hydrogens is 310 g/mol. The first-order chi connectivity index (χ1) is 12.2. The molecule has 25 heavy (non-hydrogen) atoms. The number of piperidine rings is 1. The second-order valence-electron chi connectivity index (χ2n) is 8.14. The number of nitrogens with one attached hydrogen (secondary N) is 1. The van der Waals surface area contributed by atoms with E-state index in [0.29, 0.717) is 17.9 Å². The molecule has 4 nitrogen and oxygen atoms in total. The molecule has 0 bridgehead atoms. The number of hydrogen-bond acceptors (Lipinski definition) is 4. The normalized spacial score (nSPS) is 31.1. The second kappa shape index (κ2) is 9.65. The van der Waals surface area contributed by atoms with Crippen LogP contribution in [0.1, 0.15) is 57.6 Å². The van der Waals surface area contributed by atoms with Crippen molar-refractivity contribution in [2.45, 2.75) is 70.6 Å². The van der Waals surface area contributed by atoms with Gasteiger partial charge in [0.15, 0.2) is 0 Å². The molecule has 1 aliphatic heterocycles. The Bertz CT molecular complexity index is 495. The summed E-state index contributed by atoms with van der Waals surface area (Å²) in [7, 11) is 0. The zero-order valence-corrected chi connectivity index (χ0v) is 15.7. The highest BCUT2D eigenvalue weighted by atomic mass is 16.3. The fraction of sp³-hybridized carbons (Fsp3) is 0.762. The summed E-state index contributed by atoms with van der Waals surface area (Å²) in [5.74, 6) is 1.23. The quantitative estimate of drug-likeness (QED) is 0.745. The van der Waals surface area contributed by atoms with Gasteiger partial charge in [0.25, 0.3) is 0 Å². The van der Waals surface area contributed by atoms with E-state index in [2.05, 4.69) is 34.3 Å². The van der Waals surface area contributed by atoms with E-state index >= 15 is 0 Å². The van der Waals surface area contributed by atoms with Crippen molar-refractivity contribution in [1.29, 1.82) is 0 Å². The summed E-state index contributed by atoms with van der Waals surface area (Å²) in [6.07, 6.45) is 10.2. The van der Waals surface area contributed by atoms with Gasteiger partial charge in [0, 0.05) is 31.9 Å². The topological polar surface area (TPSA) is 48.4 Å². The molecule has 1 aromatic rings. The molecule has 0 radical (unpaired) electrons. The van der Waals surface area contributed by atoms with Crippen molar-refractivity contribution in [3.63, 3.8) is 0 Å². The summed E-state index contributed by atoms with van der Waals surface area (Å²) >= 11 is 0. The van der Waals surface area contributed by atoms with Crippen LogP contribution < -0.4 is 5.32 Å². The zero-order valence-electron chi connectivity index (χ0n) is 15.7. The molecule has 1 aromatic heterocycles. The van der Waals surface area contributed by atoms with E-state index in [-0.39, 0.29) is 6.10 Å². The molecule has 0 aromatic carbocycles. The molecule has 4 atom stereocenters. The number of nitrogens with zero attached hydrogens (tertiary/aromatic N) is 2. The molecular formula is C21H35N3O. The summed E-state index contributed by atoms with van der Waals surface area (Å²) in [6, 6.07) is 6.81. The standard InChI is InChI=1S/C21H35N3O/c1-17-15-24(16-19-9-4-5-12-22-19)14-11-20(17)23-13-6-8-18-7-2-3-10-21(18)25/h4-5,9,12,17-18,20-21,23,25H,2-3,6-8,10-11,13-16H2,1H3. The van der Waals surface area contributed by atoms with E-state index in [9.17, 15) is 5.11 Å². The van der Waals surface area contributed by atoms with Crippen molar-refractivity contribution in [2.75, 3.05) is 19.6 Å². The van der Waals surface area contributed by atoms with Crippen LogP contribution in [-0.2, 0) is 6.54 Å². The molecule has 2 N–H and O–H groups in total. The summed E-state index contributed by atoms with van der Waals surface area (Å²) in [6.45, 7) is 6.73. The molecule has 2 aliphatic rings. The number of aliphatic hydroxyl groups is 1. The van der Waals surface area contributed by atoms with Crippen LogP contribution in [0.4, 0.5) is 0 Å². The van der Waals surface area contributed by atoms with Gasteiger partial charge in [-0.1, -0.05) is 25.8 Å². The van der Waals surface area contributed by atoms with Crippen LogP contribution in [0.15, 0.2) is 24.4 Å². The Labute approximate surface area is 153 Å². The van der Waals surface area contributed by atoms with Crippen molar-refractivity contribution < 1.29 is 5.11 Å². The highest BCUT2D eigenvalue weighted by Crippen LogP contribution is 2.27. The maximum atomic E-state index is 10.1. The van der Waals surface area contributed by atoms with Gasteiger partial charge in [0.05, 0.1) is 11.8 Å². The number of hydrogen-bond donors (Lipinski definition) is 2. The minimum absolute atomic E-state index is 0.0393. The Morgan fingerprint density at radius 3 is 2.88 bits per heavy atom. The van der Waals surface area contributed by atoms with Crippen LogP contribution in [-0.4, -0.2) is 46.8 Å². The minimum Gasteiger partial charge on any atom is -0.393 e. The van der Waals surface area contributed by atoms with E-state index < -0.39 is 0 Å². The van der Waals surface area contributed by atoms with Crippen LogP contribution in [0.3, 0.4) is 0 Å². The average Bonchev–Trinajstić information content (AvgIpc) is 2.62. The van der Waals surface area contributed by atoms with E-state index in [0.717, 1.165) is 32.6 Å². The number of rotatable bonds is 7. The Kier molecular flexibility index (Phi) is 7.26. The molecule has 140 valence electrons. The number of likely N-dealkylation sites (tertiary alicyclic amines) is 1. The maximum absolute atomic E-state index is 10.1. The SMILES string of the molecule is CC1CN(Cc2ccccn2)CCC1NCCCC1CCCCC1O. The van der Waals surface area contributed by atoms with Gasteiger partial charge < -0.3 is 10.4 Å². The first-order valence-electron chi connectivity index (χ1n) is 10.3. The highest BCUT2D eigenvalue weighted by molar-refractivity contribution is 5.03. The molecule has 1 saturated carbocycles. The zero-order chi connectivity index (χ0) is 17.5. The predicted molar refractivity (Wildman–Crippen MR) is 102 cm³/mol. The van der Waals surface area contributed by atoms with Crippen molar-refractivity contribution in [3.8, 4) is 0 Å². The Morgan fingerprint density at radius 1 is 1.24 bits per heavy atom. The molecule has 1 saturated heterocycles. The lowest BCUT2D eigenvalue weighted by atomic mass is 9.83. The van der Waals surface area contributed by atoms with Gasteiger partial charge >= 0.3 is 0 Å². The maximum Gasteiger partial charge on any atom is 0.0568 e. The summed E-state index contributed by atoms with van der Waals surface area (Å²) in [5, 5.41) is 13.9. The van der Waals surface area contributed by atoms with Gasteiger partial charge in [0.1, 0.15) is 0 Å². The Morgan fingerprint density at radius 2 is 2.12 bits per heavy atom. The second-order valence-corrected chi connectivity index (χ2v) is 8.14. The minimum atomic E-state index is -0.0393. The first kappa shape index (κ1) is 18.8. The van der Waals surface area contributed by atoms with E-state index in [1.54, 1.807) is 0 Å². The molecule has 2 fully saturated rings. The van der Waals surface area contributed by atoms with Gasteiger partial charge in [0.2, 0.25) is 0 Å². The van der Waals surface area contributed by atoms with E-state index in [4.69, 9.17) is 0 Å². The van der Waals surface area contributed by atoms with Crippen LogP contribution >= 0.6 is 0 Å². The molecule has 4 heteroatoms. The van der Waals surface area contributed by atoms with Gasteiger partial charge in [-0.25, -0.2) is 0 Å². The Hall–Kier alpha value is -0.970. The van der Waals surface area contributed by atoms with Gasteiger partial charge in [-0.2, -0.15) is 0 Å². The third-order valence-electron chi connectivity index (χ3n) is 6.13. The lowest BCUT2D eigenvalue weighted by Gasteiger charge is -2.37. The van der Waals surface area contributed by atoms with Crippen molar-refractivity contribution in [3.05, 3.63) is 30.1 Å². The van der Waals surface area contributed by atoms with Crippen molar-refractivity contribution in [2.24, 2.45) is 11.8 Å². The van der Waals surface area contributed by atoms with Crippen LogP contribution in [0.25, 0.3) is 0 Å². The molecule has 4 unspecified atom stereocenters. The molecule has 1 aliphatic carbocycles. The lowest BCUT2D eigenvalue weighted by Crippen LogP contribution is -2.48. The van der Waals surface area contributed by atoms with E-state index in [1.807, 2.05) is 12.3 Å². The van der Waals surface area contributed by atoms with Crippen LogP contribution in [0, 0.1) is 11.8 Å². The third-order valence-corrected chi connectivity index (χ3v) is 6.13. The molecule has 3 rings (SSSR count). The molecule has 2 heterocycles. The van der Waals surface area contributed by atoms with Crippen molar-refractivity contribution >= 4 is 0 Å². The third kappa shape index (κ3) is 5.77. The van der Waals surface area contributed by atoms with Crippen LogP contribution in [0.2, 0.25) is 0 Å². The monoisotopic (exact) mass is 345 g/mol. The molecule has 0 spiro atoms. The Balaban J connectivity index is 1.33. The summed E-state index contributed by atoms with van der Waals surface area (Å²) in [5.41, 5.74) is 1.17. The van der Waals surface area contributed by atoms with Crippen molar-refractivity contribution in [1.82, 2.24) is 15.2 Å². The summed E-state index contributed by atoms with van der Waals surface area (Å²) < 4.78 is 0. The predicted octanol–water partition coefficient (Wildman–Crippen LogP) is 3.21. The number of pyridine rings is 1. The highest BCUT2D eigenvalue weighted by Gasteiger charge is 2.26. The first-order valence-corrected chi connectivity index (χ1v) is 10.3.